The van der Waals surface area contributed by atoms with Gasteiger partial charge >= 0.3 is 0 Å². The van der Waals surface area contributed by atoms with Crippen molar-refractivity contribution in [3.8, 4) is 0 Å². The molecule has 0 radical (unpaired) electrons. The molecular formula is C11H11NO. The van der Waals surface area contributed by atoms with Gasteiger partial charge in [-0.3, -0.25) is 9.78 Å². The Labute approximate surface area is 77.6 Å². The van der Waals surface area contributed by atoms with Crippen molar-refractivity contribution in [2.75, 3.05) is 0 Å². The molecule has 0 saturated heterocycles. The van der Waals surface area contributed by atoms with E-state index in [0.717, 1.165) is 12.0 Å². The third-order valence-electron chi connectivity index (χ3n) is 1.50. The van der Waals surface area contributed by atoms with Crippen LogP contribution in [-0.2, 0) is 4.79 Å². The first-order valence-corrected chi connectivity index (χ1v) is 4.04. The average Bonchev–Trinajstić information content (AvgIpc) is 2.19. The zero-order valence-corrected chi connectivity index (χ0v) is 7.47. The van der Waals surface area contributed by atoms with Crippen LogP contribution in [0, 0.1) is 0 Å². The van der Waals surface area contributed by atoms with Gasteiger partial charge in [-0.25, -0.2) is 0 Å². The molecule has 2 nitrogen and oxygen atoms in total. The quantitative estimate of drug-likeness (QED) is 0.398. The van der Waals surface area contributed by atoms with Crippen molar-refractivity contribution in [2.45, 2.75) is 6.92 Å². The Morgan fingerprint density at radius 1 is 1.46 bits per heavy atom. The number of hydrogen-bond acceptors (Lipinski definition) is 2. The van der Waals surface area contributed by atoms with Crippen molar-refractivity contribution in [3.05, 3.63) is 47.8 Å². The van der Waals surface area contributed by atoms with E-state index in [1.165, 1.54) is 0 Å². The van der Waals surface area contributed by atoms with E-state index in [4.69, 9.17) is 0 Å². The lowest BCUT2D eigenvalue weighted by molar-refractivity contribution is -0.104. The number of hydrogen-bond donors (Lipinski definition) is 0. The molecule has 13 heavy (non-hydrogen) atoms. The van der Waals surface area contributed by atoms with Crippen LogP contribution in [0.2, 0.25) is 0 Å². The number of allylic oxidation sites excluding steroid dienone is 3. The molecule has 0 spiro atoms. The lowest BCUT2D eigenvalue weighted by Gasteiger charge is -1.88. The predicted molar refractivity (Wildman–Crippen MR) is 53.1 cm³/mol. The summed E-state index contributed by atoms with van der Waals surface area (Å²) in [4.78, 5) is 14.3. The van der Waals surface area contributed by atoms with Crippen LogP contribution in [-0.4, -0.2) is 11.3 Å². The molecule has 1 rings (SSSR count). The van der Waals surface area contributed by atoms with Crippen molar-refractivity contribution in [1.82, 2.24) is 4.98 Å². The molecule has 66 valence electrons. The first kappa shape index (κ1) is 9.39. The minimum atomic E-state index is 0.701. The van der Waals surface area contributed by atoms with E-state index in [1.54, 1.807) is 19.2 Å². The zero-order valence-electron chi connectivity index (χ0n) is 7.47. The monoisotopic (exact) mass is 173 g/mol. The third-order valence-corrected chi connectivity index (χ3v) is 1.50. The van der Waals surface area contributed by atoms with Crippen LogP contribution in [0.1, 0.15) is 12.6 Å². The Bertz CT molecular complexity index is 325. The Balaban J connectivity index is 2.65. The van der Waals surface area contributed by atoms with Gasteiger partial charge in [-0.2, -0.15) is 0 Å². The highest BCUT2D eigenvalue weighted by atomic mass is 16.1. The van der Waals surface area contributed by atoms with Gasteiger partial charge in [0.05, 0.1) is 5.69 Å². The topological polar surface area (TPSA) is 30.0 Å². The largest absolute Gasteiger partial charge is 0.298 e. The molecule has 1 heterocycles. The standard InChI is InChI=1S/C11H11NO/c1-10(9-13)5-4-7-11-6-2-3-8-12-11/h2-9H,1H3/b7-4+,10-5+. The fraction of sp³-hybridized carbons (Fsp3) is 0.0909. The molecule has 0 aliphatic rings. The van der Waals surface area contributed by atoms with E-state index in [9.17, 15) is 4.79 Å². The number of carbonyl (C=O) groups is 1. The Morgan fingerprint density at radius 2 is 2.31 bits per heavy atom. The van der Waals surface area contributed by atoms with Gasteiger partial charge in [-0.15, -0.1) is 0 Å². The SMILES string of the molecule is C/C(C=O)=C\C=C\c1ccccn1. The van der Waals surface area contributed by atoms with E-state index in [2.05, 4.69) is 4.98 Å². The summed E-state index contributed by atoms with van der Waals surface area (Å²) in [5, 5.41) is 0. The molecular weight excluding hydrogens is 162 g/mol. The van der Waals surface area contributed by atoms with E-state index in [1.807, 2.05) is 30.4 Å². The third kappa shape index (κ3) is 3.47. The molecule has 1 aromatic heterocycles. The highest BCUT2D eigenvalue weighted by Gasteiger charge is 1.82. The van der Waals surface area contributed by atoms with Gasteiger partial charge in [0.1, 0.15) is 6.29 Å². The maximum absolute atomic E-state index is 10.2. The first-order chi connectivity index (χ1) is 6.33. The summed E-state index contributed by atoms with van der Waals surface area (Å²) in [6.45, 7) is 1.76. The fourth-order valence-electron chi connectivity index (χ4n) is 0.812. The molecule has 0 N–H and O–H groups in total. The summed E-state index contributed by atoms with van der Waals surface area (Å²) in [5.74, 6) is 0. The summed E-state index contributed by atoms with van der Waals surface area (Å²) in [6, 6.07) is 5.69. The second kappa shape index (κ2) is 5.04. The van der Waals surface area contributed by atoms with Gasteiger partial charge < -0.3 is 0 Å². The van der Waals surface area contributed by atoms with Gasteiger partial charge in [0, 0.05) is 6.20 Å². The lowest BCUT2D eigenvalue weighted by Crippen LogP contribution is -1.76. The van der Waals surface area contributed by atoms with Gasteiger partial charge in [-0.05, 0) is 30.7 Å². The van der Waals surface area contributed by atoms with E-state index < -0.39 is 0 Å². The van der Waals surface area contributed by atoms with Gasteiger partial charge in [-0.1, -0.05) is 18.2 Å². The number of rotatable bonds is 3. The van der Waals surface area contributed by atoms with Crippen molar-refractivity contribution in [2.24, 2.45) is 0 Å². The van der Waals surface area contributed by atoms with Crippen LogP contribution in [0.4, 0.5) is 0 Å². The van der Waals surface area contributed by atoms with Crippen molar-refractivity contribution >= 4 is 12.4 Å². The highest BCUT2D eigenvalue weighted by Crippen LogP contribution is 1.97. The predicted octanol–water partition coefficient (Wildman–Crippen LogP) is 2.24. The molecule has 0 unspecified atom stereocenters. The van der Waals surface area contributed by atoms with Crippen molar-refractivity contribution in [3.63, 3.8) is 0 Å². The summed E-state index contributed by atoms with van der Waals surface area (Å²) in [5.41, 5.74) is 1.59. The smallest absolute Gasteiger partial charge is 0.145 e. The van der Waals surface area contributed by atoms with Gasteiger partial charge in [0.25, 0.3) is 0 Å². The van der Waals surface area contributed by atoms with Crippen LogP contribution in [0.15, 0.2) is 42.1 Å². The molecule has 0 aliphatic heterocycles. The molecule has 0 fully saturated rings. The van der Waals surface area contributed by atoms with E-state index in [-0.39, 0.29) is 0 Å². The molecule has 0 aromatic carbocycles. The molecule has 1 aromatic rings. The number of aromatic nitrogens is 1. The van der Waals surface area contributed by atoms with E-state index >= 15 is 0 Å². The summed E-state index contributed by atoms with van der Waals surface area (Å²) in [6.07, 6.45) is 7.97. The second-order valence-electron chi connectivity index (χ2n) is 2.64. The Kier molecular flexibility index (Phi) is 3.64. The van der Waals surface area contributed by atoms with Crippen LogP contribution in [0.5, 0.6) is 0 Å². The minimum absolute atomic E-state index is 0.701. The van der Waals surface area contributed by atoms with Crippen LogP contribution in [0.3, 0.4) is 0 Å². The van der Waals surface area contributed by atoms with Gasteiger partial charge in [0.15, 0.2) is 0 Å². The van der Waals surface area contributed by atoms with Crippen LogP contribution in [0.25, 0.3) is 6.08 Å². The molecule has 0 atom stereocenters. The first-order valence-electron chi connectivity index (χ1n) is 4.04. The molecule has 0 aliphatic carbocycles. The zero-order chi connectivity index (χ0) is 9.52. The highest BCUT2D eigenvalue weighted by molar-refractivity contribution is 5.73. The van der Waals surface area contributed by atoms with Crippen molar-refractivity contribution in [1.29, 1.82) is 0 Å². The maximum Gasteiger partial charge on any atom is 0.145 e. The summed E-state index contributed by atoms with van der Waals surface area (Å²) >= 11 is 0. The summed E-state index contributed by atoms with van der Waals surface area (Å²) in [7, 11) is 0. The molecule has 0 saturated carbocycles. The van der Waals surface area contributed by atoms with E-state index in [0.29, 0.717) is 5.57 Å². The summed E-state index contributed by atoms with van der Waals surface area (Å²) < 4.78 is 0. The van der Waals surface area contributed by atoms with Crippen LogP contribution >= 0.6 is 0 Å². The minimum Gasteiger partial charge on any atom is -0.298 e. The number of pyridine rings is 1. The molecule has 0 bridgehead atoms. The fourth-order valence-corrected chi connectivity index (χ4v) is 0.812. The number of aldehydes is 1. The van der Waals surface area contributed by atoms with Crippen molar-refractivity contribution < 1.29 is 4.79 Å². The normalized spacial score (nSPS) is 11.9. The Morgan fingerprint density at radius 3 is 2.92 bits per heavy atom. The average molecular weight is 173 g/mol. The number of nitrogens with zero attached hydrogens (tertiary/aromatic N) is 1. The second-order valence-corrected chi connectivity index (χ2v) is 2.64. The van der Waals surface area contributed by atoms with Crippen LogP contribution < -0.4 is 0 Å². The molecule has 2 heteroatoms. The lowest BCUT2D eigenvalue weighted by atomic mass is 10.2. The van der Waals surface area contributed by atoms with Gasteiger partial charge in [0.2, 0.25) is 0 Å². The number of carbonyl (C=O) groups excluding carboxylic acids is 1. The Hall–Kier alpha value is -1.70. The molecule has 0 amide bonds. The maximum atomic E-state index is 10.2.